The van der Waals surface area contributed by atoms with Gasteiger partial charge in [-0.1, -0.05) is 12.8 Å². The van der Waals surface area contributed by atoms with Crippen molar-refractivity contribution in [2.45, 2.75) is 31.2 Å². The molecule has 0 saturated heterocycles. The molecule has 0 unspecified atom stereocenters. The smallest absolute Gasteiger partial charge is 0.251 e. The number of rotatable bonds is 3. The van der Waals surface area contributed by atoms with Gasteiger partial charge in [0.2, 0.25) is 5.91 Å². The van der Waals surface area contributed by atoms with E-state index in [1.165, 1.54) is 12.1 Å². The van der Waals surface area contributed by atoms with Crippen LogP contribution in [-0.2, 0) is 4.79 Å². The van der Waals surface area contributed by atoms with Crippen molar-refractivity contribution >= 4 is 17.5 Å². The van der Waals surface area contributed by atoms with Gasteiger partial charge in [-0.3, -0.25) is 9.59 Å². The fourth-order valence-electron chi connectivity index (χ4n) is 2.28. The van der Waals surface area contributed by atoms with Crippen LogP contribution in [0.4, 0.5) is 10.1 Å². The van der Waals surface area contributed by atoms with E-state index >= 15 is 0 Å². The van der Waals surface area contributed by atoms with Crippen LogP contribution in [0.15, 0.2) is 18.2 Å². The Morgan fingerprint density at radius 2 is 1.89 bits per heavy atom. The Morgan fingerprint density at radius 1 is 1.26 bits per heavy atom. The van der Waals surface area contributed by atoms with Crippen molar-refractivity contribution in [1.82, 2.24) is 0 Å². The first-order valence-corrected chi connectivity index (χ1v) is 6.12. The summed E-state index contributed by atoms with van der Waals surface area (Å²) < 4.78 is 13.3. The maximum Gasteiger partial charge on any atom is 0.251 e. The van der Waals surface area contributed by atoms with E-state index in [4.69, 9.17) is 11.5 Å². The fourth-order valence-corrected chi connectivity index (χ4v) is 2.28. The lowest BCUT2D eigenvalue weighted by atomic mass is 9.98. The van der Waals surface area contributed by atoms with Crippen molar-refractivity contribution in [3.8, 4) is 0 Å². The molecule has 1 aliphatic rings. The molecule has 5 N–H and O–H groups in total. The summed E-state index contributed by atoms with van der Waals surface area (Å²) in [7, 11) is 0. The first kappa shape index (κ1) is 13.5. The Morgan fingerprint density at radius 3 is 2.47 bits per heavy atom. The number of halogens is 1. The third-order valence-electron chi connectivity index (χ3n) is 3.44. The molecule has 5 nitrogen and oxygen atoms in total. The fraction of sp³-hybridized carbons (Fsp3) is 0.385. The first-order valence-electron chi connectivity index (χ1n) is 6.12. The van der Waals surface area contributed by atoms with E-state index in [1.54, 1.807) is 0 Å². The summed E-state index contributed by atoms with van der Waals surface area (Å²) in [6.45, 7) is 0. The minimum absolute atomic E-state index is 0.254. The Bertz CT molecular complexity index is 525. The molecular formula is C13H16FN3O2. The number of nitrogens with one attached hydrogen (secondary N) is 1. The third kappa shape index (κ3) is 2.73. The third-order valence-corrected chi connectivity index (χ3v) is 3.44. The van der Waals surface area contributed by atoms with Gasteiger partial charge in [0, 0.05) is 5.69 Å². The second-order valence-electron chi connectivity index (χ2n) is 4.88. The van der Waals surface area contributed by atoms with Gasteiger partial charge in [-0.05, 0) is 31.0 Å². The summed E-state index contributed by atoms with van der Waals surface area (Å²) in [6.07, 6.45) is 3.09. The molecule has 1 aliphatic carbocycles. The van der Waals surface area contributed by atoms with Crippen molar-refractivity contribution in [2.75, 3.05) is 5.32 Å². The Balaban J connectivity index is 2.17. The van der Waals surface area contributed by atoms with E-state index in [0.29, 0.717) is 18.5 Å². The van der Waals surface area contributed by atoms with E-state index in [1.807, 2.05) is 0 Å². The van der Waals surface area contributed by atoms with Gasteiger partial charge in [-0.15, -0.1) is 0 Å². The molecule has 19 heavy (non-hydrogen) atoms. The number of carbonyl (C=O) groups is 2. The van der Waals surface area contributed by atoms with E-state index in [9.17, 15) is 14.0 Å². The quantitative estimate of drug-likeness (QED) is 0.764. The van der Waals surface area contributed by atoms with Gasteiger partial charge in [-0.2, -0.15) is 0 Å². The predicted octanol–water partition coefficient (Wildman–Crippen LogP) is 1.13. The van der Waals surface area contributed by atoms with Crippen LogP contribution in [0.1, 0.15) is 36.0 Å². The molecule has 0 radical (unpaired) electrons. The molecule has 1 aromatic rings. The largest absolute Gasteiger partial charge is 0.366 e. The highest BCUT2D eigenvalue weighted by Gasteiger charge is 2.37. The molecule has 0 atom stereocenters. The van der Waals surface area contributed by atoms with Gasteiger partial charge in [-0.25, -0.2) is 4.39 Å². The van der Waals surface area contributed by atoms with Crippen LogP contribution in [0, 0.1) is 5.82 Å². The van der Waals surface area contributed by atoms with Crippen LogP contribution in [0.3, 0.4) is 0 Å². The summed E-state index contributed by atoms with van der Waals surface area (Å²) in [5, 5.41) is 2.61. The Hall–Kier alpha value is -1.95. The molecule has 1 aromatic carbocycles. The zero-order valence-electron chi connectivity index (χ0n) is 10.4. The van der Waals surface area contributed by atoms with Gasteiger partial charge < -0.3 is 16.8 Å². The summed E-state index contributed by atoms with van der Waals surface area (Å²) in [6, 6.07) is 3.68. The standard InChI is InChI=1S/C13H16FN3O2/c14-10-4-3-8(7-9(10)11(15)18)17-12(19)13(16)5-1-2-6-13/h3-4,7H,1-2,5-6,16H2,(H2,15,18)(H,17,19). The van der Waals surface area contributed by atoms with Crippen LogP contribution < -0.4 is 16.8 Å². The number of hydrogen-bond acceptors (Lipinski definition) is 3. The predicted molar refractivity (Wildman–Crippen MR) is 68.9 cm³/mol. The van der Waals surface area contributed by atoms with E-state index in [-0.39, 0.29) is 11.5 Å². The van der Waals surface area contributed by atoms with Crippen LogP contribution in [-0.4, -0.2) is 17.4 Å². The van der Waals surface area contributed by atoms with Crippen molar-refractivity contribution in [3.63, 3.8) is 0 Å². The highest BCUT2D eigenvalue weighted by atomic mass is 19.1. The molecule has 6 heteroatoms. The van der Waals surface area contributed by atoms with Crippen LogP contribution in [0.5, 0.6) is 0 Å². The lowest BCUT2D eigenvalue weighted by Crippen LogP contribution is -2.48. The van der Waals surface area contributed by atoms with Crippen molar-refractivity contribution < 1.29 is 14.0 Å². The number of benzene rings is 1. The topological polar surface area (TPSA) is 98.2 Å². The van der Waals surface area contributed by atoms with Crippen molar-refractivity contribution in [3.05, 3.63) is 29.6 Å². The number of primary amides is 1. The van der Waals surface area contributed by atoms with Gasteiger partial charge in [0.1, 0.15) is 5.82 Å². The first-order chi connectivity index (χ1) is 8.92. The number of hydrogen-bond donors (Lipinski definition) is 3. The highest BCUT2D eigenvalue weighted by Crippen LogP contribution is 2.28. The van der Waals surface area contributed by atoms with Gasteiger partial charge >= 0.3 is 0 Å². The number of amides is 2. The molecule has 0 heterocycles. The lowest BCUT2D eigenvalue weighted by molar-refractivity contribution is -0.121. The molecule has 0 bridgehead atoms. The van der Waals surface area contributed by atoms with Crippen molar-refractivity contribution in [2.24, 2.45) is 11.5 Å². The summed E-state index contributed by atoms with van der Waals surface area (Å²) in [4.78, 5) is 23.1. The summed E-state index contributed by atoms with van der Waals surface area (Å²) >= 11 is 0. The van der Waals surface area contributed by atoms with Crippen LogP contribution >= 0.6 is 0 Å². The maximum atomic E-state index is 13.3. The summed E-state index contributed by atoms with van der Waals surface area (Å²) in [5.41, 5.74) is 10.2. The molecule has 1 saturated carbocycles. The normalized spacial score (nSPS) is 17.2. The SMILES string of the molecule is NC(=O)c1cc(NC(=O)C2(N)CCCC2)ccc1F. The van der Waals surface area contributed by atoms with Crippen LogP contribution in [0.25, 0.3) is 0 Å². The van der Waals surface area contributed by atoms with E-state index in [2.05, 4.69) is 5.32 Å². The average Bonchev–Trinajstić information content (AvgIpc) is 2.79. The molecule has 2 rings (SSSR count). The second-order valence-corrected chi connectivity index (χ2v) is 4.88. The molecule has 2 amide bonds. The molecule has 102 valence electrons. The number of carbonyl (C=O) groups excluding carboxylic acids is 2. The minimum atomic E-state index is -0.878. The van der Waals surface area contributed by atoms with Gasteiger partial charge in [0.15, 0.2) is 0 Å². The lowest BCUT2D eigenvalue weighted by Gasteiger charge is -2.22. The monoisotopic (exact) mass is 265 g/mol. The maximum absolute atomic E-state index is 13.3. The molecule has 1 fully saturated rings. The average molecular weight is 265 g/mol. The Kier molecular flexibility index (Phi) is 3.53. The zero-order chi connectivity index (χ0) is 14.0. The Labute approximate surface area is 110 Å². The highest BCUT2D eigenvalue weighted by molar-refractivity contribution is 6.00. The molecule has 0 aromatic heterocycles. The number of nitrogens with two attached hydrogens (primary N) is 2. The zero-order valence-corrected chi connectivity index (χ0v) is 10.4. The minimum Gasteiger partial charge on any atom is -0.366 e. The molecular weight excluding hydrogens is 249 g/mol. The van der Waals surface area contributed by atoms with E-state index < -0.39 is 17.3 Å². The van der Waals surface area contributed by atoms with Gasteiger partial charge in [0.25, 0.3) is 5.91 Å². The molecule has 0 aliphatic heterocycles. The number of anilines is 1. The second kappa shape index (κ2) is 4.97. The molecule has 0 spiro atoms. The van der Waals surface area contributed by atoms with E-state index in [0.717, 1.165) is 18.9 Å². The van der Waals surface area contributed by atoms with Crippen LogP contribution in [0.2, 0.25) is 0 Å². The van der Waals surface area contributed by atoms with Gasteiger partial charge in [0.05, 0.1) is 11.1 Å². The summed E-state index contributed by atoms with van der Waals surface area (Å²) in [5.74, 6) is -1.90. The van der Waals surface area contributed by atoms with Crippen molar-refractivity contribution in [1.29, 1.82) is 0 Å².